The van der Waals surface area contributed by atoms with Gasteiger partial charge in [-0.15, -0.1) is 0 Å². The highest BCUT2D eigenvalue weighted by Gasteiger charge is 2.08. The molecule has 0 aliphatic heterocycles. The molecule has 0 aliphatic carbocycles. The summed E-state index contributed by atoms with van der Waals surface area (Å²) < 4.78 is 9.99. The fourth-order valence-corrected chi connectivity index (χ4v) is 2.08. The number of rotatable bonds is 7. The Morgan fingerprint density at radius 2 is 1.65 bits per heavy atom. The molecule has 7 heteroatoms. The van der Waals surface area contributed by atoms with Crippen molar-refractivity contribution in [2.45, 2.75) is 13.5 Å². The minimum absolute atomic E-state index is 0.183. The number of hydrogen-bond acceptors (Lipinski definition) is 5. The van der Waals surface area contributed by atoms with Crippen molar-refractivity contribution in [3.63, 3.8) is 0 Å². The van der Waals surface area contributed by atoms with Gasteiger partial charge in [-0.05, 0) is 23.8 Å². The van der Waals surface area contributed by atoms with E-state index in [1.165, 1.54) is 13.0 Å². The van der Waals surface area contributed by atoms with E-state index in [0.29, 0.717) is 11.3 Å². The summed E-state index contributed by atoms with van der Waals surface area (Å²) in [7, 11) is 0. The zero-order valence-corrected chi connectivity index (χ0v) is 14.4. The normalized spacial score (nSPS) is 9.88. The lowest BCUT2D eigenvalue weighted by Gasteiger charge is -2.09. The number of alkyl carbamates (subject to hydrolysis) is 1. The molecule has 7 nitrogen and oxygen atoms in total. The molecule has 0 unspecified atom stereocenters. The summed E-state index contributed by atoms with van der Waals surface area (Å²) in [5, 5.41) is 5.21. The Morgan fingerprint density at radius 3 is 2.38 bits per heavy atom. The molecule has 26 heavy (non-hydrogen) atoms. The maximum absolute atomic E-state index is 12.0. The van der Waals surface area contributed by atoms with Crippen LogP contribution in [-0.2, 0) is 16.1 Å². The number of carbonyl (C=O) groups excluding carboxylic acids is 3. The SMILES string of the molecule is CC(=O)Oc1cccc(C(=O)NCCNC(=O)OCc2ccccc2)c1. The van der Waals surface area contributed by atoms with Crippen LogP contribution in [0.4, 0.5) is 4.79 Å². The number of esters is 1. The fourth-order valence-electron chi connectivity index (χ4n) is 2.08. The Labute approximate surface area is 151 Å². The second-order valence-electron chi connectivity index (χ2n) is 5.37. The van der Waals surface area contributed by atoms with Crippen molar-refractivity contribution < 1.29 is 23.9 Å². The Balaban J connectivity index is 1.68. The van der Waals surface area contributed by atoms with Gasteiger partial charge in [-0.2, -0.15) is 0 Å². The smallest absolute Gasteiger partial charge is 0.407 e. The molecule has 2 rings (SSSR count). The first-order chi connectivity index (χ1) is 12.5. The van der Waals surface area contributed by atoms with Gasteiger partial charge in [0, 0.05) is 25.6 Å². The number of benzene rings is 2. The van der Waals surface area contributed by atoms with E-state index in [1.807, 2.05) is 30.3 Å². The molecule has 0 aliphatic rings. The Hall–Kier alpha value is -3.35. The number of carbonyl (C=O) groups is 3. The third kappa shape index (κ3) is 6.64. The minimum atomic E-state index is -0.556. The Bertz CT molecular complexity index is 762. The van der Waals surface area contributed by atoms with Gasteiger partial charge < -0.3 is 20.1 Å². The average Bonchev–Trinajstić information content (AvgIpc) is 2.64. The lowest BCUT2D eigenvalue weighted by Crippen LogP contribution is -2.34. The molecule has 136 valence electrons. The van der Waals surface area contributed by atoms with Gasteiger partial charge in [0.2, 0.25) is 0 Å². The van der Waals surface area contributed by atoms with E-state index in [0.717, 1.165) is 5.56 Å². The zero-order chi connectivity index (χ0) is 18.8. The summed E-state index contributed by atoms with van der Waals surface area (Å²) in [6.07, 6.45) is -0.556. The maximum atomic E-state index is 12.0. The van der Waals surface area contributed by atoms with Crippen molar-refractivity contribution in [2.75, 3.05) is 13.1 Å². The molecule has 0 atom stereocenters. The summed E-state index contributed by atoms with van der Waals surface area (Å²) >= 11 is 0. The topological polar surface area (TPSA) is 93.7 Å². The first-order valence-corrected chi connectivity index (χ1v) is 8.06. The average molecular weight is 356 g/mol. The molecule has 0 aromatic heterocycles. The second-order valence-corrected chi connectivity index (χ2v) is 5.37. The van der Waals surface area contributed by atoms with Crippen molar-refractivity contribution >= 4 is 18.0 Å². The van der Waals surface area contributed by atoms with Crippen molar-refractivity contribution in [2.24, 2.45) is 0 Å². The van der Waals surface area contributed by atoms with Crippen LogP contribution in [0, 0.1) is 0 Å². The highest BCUT2D eigenvalue weighted by atomic mass is 16.5. The van der Waals surface area contributed by atoms with Crippen LogP contribution in [-0.4, -0.2) is 31.1 Å². The predicted octanol–water partition coefficient (Wildman–Crippen LogP) is 2.27. The van der Waals surface area contributed by atoms with E-state index in [4.69, 9.17) is 9.47 Å². The fraction of sp³-hybridized carbons (Fsp3) is 0.211. The van der Waals surface area contributed by atoms with E-state index in [9.17, 15) is 14.4 Å². The number of nitrogens with one attached hydrogen (secondary N) is 2. The highest BCUT2D eigenvalue weighted by Crippen LogP contribution is 2.13. The third-order valence-electron chi connectivity index (χ3n) is 3.25. The van der Waals surface area contributed by atoms with Crippen molar-refractivity contribution in [3.05, 3.63) is 65.7 Å². The van der Waals surface area contributed by atoms with Gasteiger partial charge in [-0.3, -0.25) is 9.59 Å². The molecule has 0 saturated carbocycles. The Morgan fingerprint density at radius 1 is 0.923 bits per heavy atom. The van der Waals surface area contributed by atoms with Crippen molar-refractivity contribution in [3.8, 4) is 5.75 Å². The van der Waals surface area contributed by atoms with Crippen LogP contribution in [0.1, 0.15) is 22.8 Å². The highest BCUT2D eigenvalue weighted by molar-refractivity contribution is 5.94. The van der Waals surface area contributed by atoms with Crippen LogP contribution in [0.25, 0.3) is 0 Å². The van der Waals surface area contributed by atoms with Gasteiger partial charge in [0.15, 0.2) is 0 Å². The first-order valence-electron chi connectivity index (χ1n) is 8.06. The van der Waals surface area contributed by atoms with E-state index in [1.54, 1.807) is 18.2 Å². The van der Waals surface area contributed by atoms with Gasteiger partial charge >= 0.3 is 12.1 Å². The number of hydrogen-bond donors (Lipinski definition) is 2. The summed E-state index contributed by atoms with van der Waals surface area (Å²) in [6.45, 7) is 1.93. The van der Waals surface area contributed by atoms with Crippen LogP contribution in [0.2, 0.25) is 0 Å². The van der Waals surface area contributed by atoms with Crippen LogP contribution in [0.3, 0.4) is 0 Å². The molecule has 0 saturated heterocycles. The van der Waals surface area contributed by atoms with Crippen molar-refractivity contribution in [1.82, 2.24) is 10.6 Å². The van der Waals surface area contributed by atoms with Crippen LogP contribution < -0.4 is 15.4 Å². The summed E-state index contributed by atoms with van der Waals surface area (Å²) in [5.74, 6) is -0.494. The van der Waals surface area contributed by atoms with Gasteiger partial charge in [-0.25, -0.2) is 4.79 Å². The lowest BCUT2D eigenvalue weighted by atomic mass is 10.2. The van der Waals surface area contributed by atoms with Gasteiger partial charge in [0.1, 0.15) is 12.4 Å². The third-order valence-corrected chi connectivity index (χ3v) is 3.25. The van der Waals surface area contributed by atoms with Crippen LogP contribution >= 0.6 is 0 Å². The van der Waals surface area contributed by atoms with Gasteiger partial charge in [0.05, 0.1) is 0 Å². The van der Waals surface area contributed by atoms with Crippen LogP contribution in [0.15, 0.2) is 54.6 Å². The second kappa shape index (κ2) is 9.83. The van der Waals surface area contributed by atoms with Crippen molar-refractivity contribution in [1.29, 1.82) is 0 Å². The first kappa shape index (κ1) is 19.0. The molecule has 2 aromatic rings. The molecule has 2 N–H and O–H groups in total. The predicted molar refractivity (Wildman–Crippen MR) is 94.7 cm³/mol. The minimum Gasteiger partial charge on any atom is -0.445 e. The van der Waals surface area contributed by atoms with Gasteiger partial charge in [-0.1, -0.05) is 36.4 Å². The van der Waals surface area contributed by atoms with E-state index in [2.05, 4.69) is 10.6 Å². The zero-order valence-electron chi connectivity index (χ0n) is 14.4. The summed E-state index contributed by atoms with van der Waals surface area (Å²) in [4.78, 5) is 34.6. The largest absolute Gasteiger partial charge is 0.445 e. The van der Waals surface area contributed by atoms with Gasteiger partial charge in [0.25, 0.3) is 5.91 Å². The molecule has 2 aromatic carbocycles. The molecular weight excluding hydrogens is 336 g/mol. The molecule has 0 fully saturated rings. The quantitative estimate of drug-likeness (QED) is 0.451. The number of ether oxygens (including phenoxy) is 2. The van der Waals surface area contributed by atoms with E-state index < -0.39 is 12.1 Å². The monoisotopic (exact) mass is 356 g/mol. The molecule has 0 spiro atoms. The molecule has 0 bridgehead atoms. The number of amides is 2. The van der Waals surface area contributed by atoms with Crippen LogP contribution in [0.5, 0.6) is 5.75 Å². The Kier molecular flexibility index (Phi) is 7.17. The molecular formula is C19H20N2O5. The standard InChI is InChI=1S/C19H20N2O5/c1-14(22)26-17-9-5-8-16(12-17)18(23)20-10-11-21-19(24)25-13-15-6-3-2-4-7-15/h2-9,12H,10-11,13H2,1H3,(H,20,23)(H,21,24). The summed E-state index contributed by atoms with van der Waals surface area (Å²) in [6, 6.07) is 15.6. The lowest BCUT2D eigenvalue weighted by molar-refractivity contribution is -0.131. The maximum Gasteiger partial charge on any atom is 0.407 e. The molecule has 2 amide bonds. The van der Waals surface area contributed by atoms with E-state index in [-0.39, 0.29) is 25.6 Å². The molecule has 0 heterocycles. The molecule has 0 radical (unpaired) electrons. The van der Waals surface area contributed by atoms with E-state index >= 15 is 0 Å². The summed E-state index contributed by atoms with van der Waals surface area (Å²) in [5.41, 5.74) is 1.25.